The van der Waals surface area contributed by atoms with Crippen molar-refractivity contribution in [2.24, 2.45) is 0 Å². The molecule has 0 spiro atoms. The van der Waals surface area contributed by atoms with E-state index in [9.17, 15) is 4.21 Å². The quantitative estimate of drug-likeness (QED) is 0.520. The Morgan fingerprint density at radius 2 is 2.10 bits per heavy atom. The molecule has 1 saturated heterocycles. The molecule has 1 rings (SSSR count). The van der Waals surface area contributed by atoms with Crippen LogP contribution in [0.4, 0.5) is 0 Å². The third-order valence-corrected chi connectivity index (χ3v) is 1.46. The maximum Gasteiger partial charge on any atom is 0.305 e. The van der Waals surface area contributed by atoms with Crippen LogP contribution in [0.3, 0.4) is 0 Å². The molecule has 1 aliphatic rings. The monoisotopic (exact) mass is 168 g/mol. The Balaban J connectivity index is 0.000000236. The smallest absolute Gasteiger partial charge is 0.305 e. The Morgan fingerprint density at radius 3 is 2.20 bits per heavy atom. The molecule has 0 bridgehead atoms. The number of methoxy groups -OCH3 is 1. The fourth-order valence-electron chi connectivity index (χ4n) is 0.341. The zero-order valence-electron chi connectivity index (χ0n) is 6.33. The van der Waals surface area contributed by atoms with E-state index in [1.54, 1.807) is 14.2 Å². The van der Waals surface area contributed by atoms with E-state index in [-0.39, 0.29) is 6.10 Å². The molecule has 0 aromatic heterocycles. The van der Waals surface area contributed by atoms with Crippen LogP contribution in [0, 0.1) is 0 Å². The van der Waals surface area contributed by atoms with E-state index in [2.05, 4.69) is 13.1 Å². The summed E-state index contributed by atoms with van der Waals surface area (Å²) >= 11 is -1.45. The van der Waals surface area contributed by atoms with Gasteiger partial charge < -0.3 is 4.74 Å². The Morgan fingerprint density at radius 1 is 1.60 bits per heavy atom. The second kappa shape index (κ2) is 5.79. The molecule has 5 heteroatoms. The van der Waals surface area contributed by atoms with Crippen LogP contribution in [-0.2, 0) is 24.5 Å². The molecular weight excluding hydrogens is 156 g/mol. The second-order valence-electron chi connectivity index (χ2n) is 1.80. The number of hydrogen-bond donors (Lipinski definition) is 0. The minimum absolute atomic E-state index is 0.000772. The van der Waals surface area contributed by atoms with Crippen LogP contribution in [0.15, 0.2) is 0 Å². The van der Waals surface area contributed by atoms with Crippen LogP contribution in [0.1, 0.15) is 6.92 Å². The molecule has 1 heterocycles. The molecule has 0 radical (unpaired) electrons. The zero-order chi connectivity index (χ0) is 7.98. The van der Waals surface area contributed by atoms with Crippen molar-refractivity contribution >= 4 is 11.4 Å². The Labute approximate surface area is 63.3 Å². The van der Waals surface area contributed by atoms with Gasteiger partial charge >= 0.3 is 11.4 Å². The minimum Gasteiger partial charge on any atom is -0.388 e. The lowest BCUT2D eigenvalue weighted by Crippen LogP contribution is -2.00. The van der Waals surface area contributed by atoms with E-state index >= 15 is 0 Å². The van der Waals surface area contributed by atoms with Crippen molar-refractivity contribution in [2.45, 2.75) is 13.0 Å². The Kier molecular flexibility index (Phi) is 5.81. The third-order valence-electron chi connectivity index (χ3n) is 0.642. The molecule has 4 nitrogen and oxygen atoms in total. The highest BCUT2D eigenvalue weighted by Gasteiger charge is 2.17. The topological polar surface area (TPSA) is 44.8 Å². The van der Waals surface area contributed by atoms with Crippen molar-refractivity contribution in [2.75, 3.05) is 20.8 Å². The molecule has 0 saturated carbocycles. The van der Waals surface area contributed by atoms with Crippen molar-refractivity contribution < 1.29 is 17.3 Å². The average molecular weight is 168 g/mol. The molecule has 2 atom stereocenters. The molecule has 0 amide bonds. The second-order valence-corrected chi connectivity index (χ2v) is 2.64. The van der Waals surface area contributed by atoms with Gasteiger partial charge in [0.2, 0.25) is 0 Å². The van der Waals surface area contributed by atoms with Crippen LogP contribution in [0.25, 0.3) is 0 Å². The van der Waals surface area contributed by atoms with Gasteiger partial charge in [0.05, 0.1) is 12.7 Å². The maximum absolute atomic E-state index is 10.1. The third kappa shape index (κ3) is 4.87. The molecule has 0 aliphatic carbocycles. The highest BCUT2D eigenvalue weighted by atomic mass is 32.2. The first-order valence-electron chi connectivity index (χ1n) is 2.83. The van der Waals surface area contributed by atoms with E-state index in [4.69, 9.17) is 0 Å². The normalized spacial score (nSPS) is 31.1. The molecule has 0 aromatic rings. The van der Waals surface area contributed by atoms with E-state index < -0.39 is 11.4 Å². The number of ether oxygens (including phenoxy) is 1. The Bertz CT molecular complexity index is 106. The van der Waals surface area contributed by atoms with Gasteiger partial charge in [0.15, 0.2) is 0 Å². The average Bonchev–Trinajstić information content (AvgIpc) is 2.17. The summed E-state index contributed by atoms with van der Waals surface area (Å²) in [6.07, 6.45) is 0.000772. The summed E-state index contributed by atoms with van der Waals surface area (Å²) in [5.74, 6) is 0. The highest BCUT2D eigenvalue weighted by molar-refractivity contribution is 7.75. The van der Waals surface area contributed by atoms with E-state index in [0.717, 1.165) is 0 Å². The predicted molar refractivity (Wildman–Crippen MR) is 37.6 cm³/mol. The van der Waals surface area contributed by atoms with Crippen LogP contribution in [-0.4, -0.2) is 31.1 Å². The van der Waals surface area contributed by atoms with E-state index in [1.165, 1.54) is 0 Å². The van der Waals surface area contributed by atoms with Gasteiger partial charge in [0, 0.05) is 14.2 Å². The van der Waals surface area contributed by atoms with Gasteiger partial charge in [-0.25, -0.2) is 0 Å². The van der Waals surface area contributed by atoms with Gasteiger partial charge in [-0.3, -0.25) is 8.37 Å². The van der Waals surface area contributed by atoms with Crippen molar-refractivity contribution in [3.05, 3.63) is 0 Å². The van der Waals surface area contributed by atoms with Gasteiger partial charge in [-0.15, -0.1) is 0 Å². The largest absolute Gasteiger partial charge is 0.388 e. The standard InChI is InChI=1S/C3H6O3S.C2H6O/c1-3-2-5-7(4)6-3;1-3-2/h3H,2H2,1H3;1-2H3. The molecule has 1 aliphatic heterocycles. The number of hydrogen-bond acceptors (Lipinski definition) is 4. The van der Waals surface area contributed by atoms with Crippen LogP contribution >= 0.6 is 0 Å². The lowest BCUT2D eigenvalue weighted by atomic mass is 10.5. The lowest BCUT2D eigenvalue weighted by Gasteiger charge is -1.88. The summed E-state index contributed by atoms with van der Waals surface area (Å²) in [7, 11) is 3.25. The predicted octanol–water partition coefficient (Wildman–Crippen LogP) is 0.263. The van der Waals surface area contributed by atoms with E-state index in [0.29, 0.717) is 6.61 Å². The van der Waals surface area contributed by atoms with Gasteiger partial charge in [-0.2, -0.15) is 4.21 Å². The summed E-state index contributed by atoms with van der Waals surface area (Å²) in [5.41, 5.74) is 0. The lowest BCUT2D eigenvalue weighted by molar-refractivity contribution is 0.262. The molecular formula is C5H12O4S. The van der Waals surface area contributed by atoms with Crippen molar-refractivity contribution in [3.8, 4) is 0 Å². The van der Waals surface area contributed by atoms with Gasteiger partial charge in [-0.05, 0) is 6.92 Å². The first-order chi connectivity index (χ1) is 4.70. The first-order valence-corrected chi connectivity index (χ1v) is 3.83. The zero-order valence-corrected chi connectivity index (χ0v) is 7.14. The van der Waals surface area contributed by atoms with Crippen molar-refractivity contribution in [1.82, 2.24) is 0 Å². The molecule has 0 N–H and O–H groups in total. The highest BCUT2D eigenvalue weighted by Crippen LogP contribution is 2.05. The maximum atomic E-state index is 10.1. The van der Waals surface area contributed by atoms with Crippen molar-refractivity contribution in [1.29, 1.82) is 0 Å². The summed E-state index contributed by atoms with van der Waals surface area (Å²) < 4.78 is 23.5. The molecule has 0 aromatic carbocycles. The van der Waals surface area contributed by atoms with E-state index in [1.807, 2.05) is 6.92 Å². The van der Waals surface area contributed by atoms with Gasteiger partial charge in [-0.1, -0.05) is 0 Å². The van der Waals surface area contributed by atoms with Crippen molar-refractivity contribution in [3.63, 3.8) is 0 Å². The SMILES string of the molecule is CC1COS(=O)O1.COC. The fraction of sp³-hybridized carbons (Fsp3) is 1.00. The van der Waals surface area contributed by atoms with Gasteiger partial charge in [0.1, 0.15) is 0 Å². The minimum atomic E-state index is -1.45. The van der Waals surface area contributed by atoms with Crippen LogP contribution in [0.5, 0.6) is 0 Å². The van der Waals surface area contributed by atoms with Crippen LogP contribution < -0.4 is 0 Å². The van der Waals surface area contributed by atoms with Crippen LogP contribution in [0.2, 0.25) is 0 Å². The van der Waals surface area contributed by atoms with Gasteiger partial charge in [0.25, 0.3) is 0 Å². The number of rotatable bonds is 0. The Hall–Kier alpha value is 0.0300. The molecule has 1 fully saturated rings. The summed E-state index contributed by atoms with van der Waals surface area (Å²) in [6.45, 7) is 2.26. The first kappa shape index (κ1) is 10.0. The fourth-order valence-corrected chi connectivity index (χ4v) is 1.02. The summed E-state index contributed by atoms with van der Waals surface area (Å²) in [6, 6.07) is 0. The molecule has 2 unspecified atom stereocenters. The summed E-state index contributed by atoms with van der Waals surface area (Å²) in [4.78, 5) is 0. The molecule has 62 valence electrons. The summed E-state index contributed by atoms with van der Waals surface area (Å²) in [5, 5.41) is 0. The molecule has 10 heavy (non-hydrogen) atoms.